The van der Waals surface area contributed by atoms with Crippen molar-refractivity contribution in [2.45, 2.75) is 19.4 Å². The molecule has 1 aliphatic heterocycles. The van der Waals surface area contributed by atoms with Crippen LogP contribution in [0.4, 0.5) is 5.69 Å². The van der Waals surface area contributed by atoms with Crippen molar-refractivity contribution < 1.29 is 19.4 Å². The summed E-state index contributed by atoms with van der Waals surface area (Å²) >= 11 is 1.28. The van der Waals surface area contributed by atoms with Gasteiger partial charge in [0.2, 0.25) is 5.78 Å². The van der Waals surface area contributed by atoms with Crippen LogP contribution in [0.15, 0.2) is 77.4 Å². The largest absolute Gasteiger partial charge is 0.503 e. The number of methoxy groups -OCH3 is 1. The molecule has 0 fully saturated rings. The number of aliphatic hydroxyl groups is 1. The van der Waals surface area contributed by atoms with Crippen molar-refractivity contribution in [2.75, 3.05) is 12.0 Å². The summed E-state index contributed by atoms with van der Waals surface area (Å²) in [5.74, 6) is -0.764. The van der Waals surface area contributed by atoms with Gasteiger partial charge in [0, 0.05) is 5.69 Å². The van der Waals surface area contributed by atoms with E-state index in [2.05, 4.69) is 6.92 Å². The summed E-state index contributed by atoms with van der Waals surface area (Å²) in [5, 5.41) is 12.5. The third-order valence-electron chi connectivity index (χ3n) is 5.25. The van der Waals surface area contributed by atoms with Crippen LogP contribution in [-0.4, -0.2) is 23.9 Å². The molecule has 5 nitrogen and oxygen atoms in total. The van der Waals surface area contributed by atoms with E-state index in [1.807, 2.05) is 36.4 Å². The first kappa shape index (κ1) is 19.9. The number of hydrogen-bond acceptors (Lipinski definition) is 5. The van der Waals surface area contributed by atoms with E-state index < -0.39 is 17.7 Å². The van der Waals surface area contributed by atoms with E-state index >= 15 is 0 Å². The second-order valence-corrected chi connectivity index (χ2v) is 7.89. The predicted molar refractivity (Wildman–Crippen MR) is 117 cm³/mol. The van der Waals surface area contributed by atoms with Gasteiger partial charge in [0.25, 0.3) is 5.91 Å². The number of nitrogens with zero attached hydrogens (tertiary/aromatic N) is 1. The van der Waals surface area contributed by atoms with Gasteiger partial charge in [-0.3, -0.25) is 14.5 Å². The number of ether oxygens (including phenoxy) is 1. The SMILES string of the molecule is CCc1ccc(N2C(=O)C(O)=C(C(=O)c3cccs3)C2c2ccc(OC)cc2)cc1. The zero-order valence-electron chi connectivity index (χ0n) is 16.7. The van der Waals surface area contributed by atoms with Crippen molar-refractivity contribution in [3.05, 3.63) is 93.4 Å². The number of carbonyl (C=O) groups is 2. The van der Waals surface area contributed by atoms with Crippen molar-refractivity contribution in [3.63, 3.8) is 0 Å². The third-order valence-corrected chi connectivity index (χ3v) is 6.12. The maximum atomic E-state index is 13.2. The first-order valence-electron chi connectivity index (χ1n) is 9.63. The summed E-state index contributed by atoms with van der Waals surface area (Å²) < 4.78 is 5.24. The molecule has 0 bridgehead atoms. The first-order chi connectivity index (χ1) is 14.5. The number of aliphatic hydroxyl groups excluding tert-OH is 1. The van der Waals surface area contributed by atoms with Crippen LogP contribution in [0.2, 0.25) is 0 Å². The molecule has 0 aliphatic carbocycles. The summed E-state index contributed by atoms with van der Waals surface area (Å²) in [5.41, 5.74) is 2.57. The van der Waals surface area contributed by atoms with Crippen LogP contribution in [0, 0.1) is 0 Å². The van der Waals surface area contributed by atoms with Crippen LogP contribution in [0.25, 0.3) is 0 Å². The van der Waals surface area contributed by atoms with Gasteiger partial charge in [-0.2, -0.15) is 0 Å². The van der Waals surface area contributed by atoms with Crippen molar-refractivity contribution in [1.82, 2.24) is 0 Å². The molecule has 0 spiro atoms. The molecule has 1 aromatic heterocycles. The molecule has 152 valence electrons. The lowest BCUT2D eigenvalue weighted by Gasteiger charge is -2.27. The van der Waals surface area contributed by atoms with E-state index in [9.17, 15) is 14.7 Å². The maximum Gasteiger partial charge on any atom is 0.294 e. The van der Waals surface area contributed by atoms with Gasteiger partial charge < -0.3 is 9.84 Å². The summed E-state index contributed by atoms with van der Waals surface area (Å²) in [6.07, 6.45) is 0.877. The maximum absolute atomic E-state index is 13.2. The molecule has 0 saturated carbocycles. The van der Waals surface area contributed by atoms with Crippen molar-refractivity contribution >= 4 is 28.7 Å². The Morgan fingerprint density at radius 3 is 2.37 bits per heavy atom. The number of ketones is 1. The van der Waals surface area contributed by atoms with E-state index in [0.29, 0.717) is 21.9 Å². The van der Waals surface area contributed by atoms with Gasteiger partial charge in [0.1, 0.15) is 5.75 Å². The molecule has 2 heterocycles. The highest BCUT2D eigenvalue weighted by Crippen LogP contribution is 2.42. The number of aryl methyl sites for hydroxylation is 1. The highest BCUT2D eigenvalue weighted by atomic mass is 32.1. The lowest BCUT2D eigenvalue weighted by Crippen LogP contribution is -2.31. The second-order valence-electron chi connectivity index (χ2n) is 6.94. The summed E-state index contributed by atoms with van der Waals surface area (Å²) in [6, 6.07) is 17.5. The number of carbonyl (C=O) groups excluding carboxylic acids is 2. The molecule has 3 aromatic rings. The van der Waals surface area contributed by atoms with E-state index in [1.54, 1.807) is 36.8 Å². The molecule has 0 saturated heterocycles. The zero-order valence-corrected chi connectivity index (χ0v) is 17.5. The molecular formula is C24H21NO4S. The number of anilines is 1. The van der Waals surface area contributed by atoms with E-state index in [4.69, 9.17) is 4.74 Å². The number of thiophene rings is 1. The van der Waals surface area contributed by atoms with Gasteiger partial charge in [-0.1, -0.05) is 37.3 Å². The van der Waals surface area contributed by atoms with Crippen LogP contribution in [0.3, 0.4) is 0 Å². The number of benzene rings is 2. The normalized spacial score (nSPS) is 16.3. The van der Waals surface area contributed by atoms with Crippen LogP contribution < -0.4 is 9.64 Å². The minimum Gasteiger partial charge on any atom is -0.503 e. The van der Waals surface area contributed by atoms with E-state index in [-0.39, 0.29) is 11.4 Å². The summed E-state index contributed by atoms with van der Waals surface area (Å²) in [6.45, 7) is 2.06. The van der Waals surface area contributed by atoms with Crippen molar-refractivity contribution in [3.8, 4) is 5.75 Å². The third kappa shape index (κ3) is 3.39. The average Bonchev–Trinajstić information content (AvgIpc) is 3.41. The standard InChI is InChI=1S/C24H21NO4S/c1-3-15-6-10-17(11-7-15)25-21(16-8-12-18(29-2)13-9-16)20(23(27)24(25)28)22(26)19-5-4-14-30-19/h4-14,21,27H,3H2,1-2H3. The molecule has 1 amide bonds. The van der Waals surface area contributed by atoms with Crippen LogP contribution in [0.5, 0.6) is 5.75 Å². The number of amides is 1. The Morgan fingerprint density at radius 2 is 1.80 bits per heavy atom. The fourth-order valence-electron chi connectivity index (χ4n) is 3.64. The van der Waals surface area contributed by atoms with Crippen LogP contribution in [-0.2, 0) is 11.2 Å². The molecule has 30 heavy (non-hydrogen) atoms. The Morgan fingerprint density at radius 1 is 1.10 bits per heavy atom. The second kappa shape index (κ2) is 8.16. The highest BCUT2D eigenvalue weighted by molar-refractivity contribution is 7.12. The van der Waals surface area contributed by atoms with Gasteiger partial charge in [0.05, 0.1) is 23.6 Å². The van der Waals surface area contributed by atoms with Gasteiger partial charge >= 0.3 is 0 Å². The zero-order chi connectivity index (χ0) is 21.3. The monoisotopic (exact) mass is 419 g/mol. The number of rotatable bonds is 6. The topological polar surface area (TPSA) is 66.8 Å². The first-order valence-corrected chi connectivity index (χ1v) is 10.5. The van der Waals surface area contributed by atoms with Crippen molar-refractivity contribution in [2.24, 2.45) is 0 Å². The summed E-state index contributed by atoms with van der Waals surface area (Å²) in [4.78, 5) is 28.3. The van der Waals surface area contributed by atoms with E-state index in [1.165, 1.54) is 16.2 Å². The quantitative estimate of drug-likeness (QED) is 0.565. The molecule has 1 atom stereocenters. The van der Waals surface area contributed by atoms with Gasteiger partial charge in [0.15, 0.2) is 5.76 Å². The molecule has 2 aromatic carbocycles. The molecule has 1 unspecified atom stereocenters. The molecule has 0 radical (unpaired) electrons. The Balaban J connectivity index is 1.84. The van der Waals surface area contributed by atoms with Crippen molar-refractivity contribution in [1.29, 1.82) is 0 Å². The molecular weight excluding hydrogens is 398 g/mol. The molecule has 4 rings (SSSR count). The van der Waals surface area contributed by atoms with Crippen LogP contribution in [0.1, 0.15) is 33.8 Å². The minimum absolute atomic E-state index is 0.0900. The smallest absolute Gasteiger partial charge is 0.294 e. The molecule has 1 N–H and O–H groups in total. The molecule has 6 heteroatoms. The Labute approximate surface area is 178 Å². The molecule has 1 aliphatic rings. The van der Waals surface area contributed by atoms with Gasteiger partial charge in [-0.05, 0) is 53.3 Å². The lowest BCUT2D eigenvalue weighted by atomic mass is 9.95. The Kier molecular flexibility index (Phi) is 5.42. The van der Waals surface area contributed by atoms with E-state index in [0.717, 1.165) is 12.0 Å². The average molecular weight is 420 g/mol. The number of hydrogen-bond donors (Lipinski definition) is 1. The fraction of sp³-hybridized carbons (Fsp3) is 0.167. The predicted octanol–water partition coefficient (Wildman–Crippen LogP) is 5.10. The Hall–Kier alpha value is -3.38. The fourth-order valence-corrected chi connectivity index (χ4v) is 4.32. The van der Waals surface area contributed by atoms with Gasteiger partial charge in [-0.15, -0.1) is 11.3 Å². The highest BCUT2D eigenvalue weighted by Gasteiger charge is 2.44. The Bertz CT molecular complexity index is 1100. The summed E-state index contributed by atoms with van der Waals surface area (Å²) in [7, 11) is 1.58. The van der Waals surface area contributed by atoms with Crippen LogP contribution >= 0.6 is 11.3 Å². The minimum atomic E-state index is -0.731. The number of Topliss-reactive ketones (excluding diaryl/α,β-unsaturated/α-hetero) is 1. The lowest BCUT2D eigenvalue weighted by molar-refractivity contribution is -0.117. The van der Waals surface area contributed by atoms with Gasteiger partial charge in [-0.25, -0.2) is 0 Å².